The third-order valence-corrected chi connectivity index (χ3v) is 4.83. The van der Waals surface area contributed by atoms with Gasteiger partial charge in [0.2, 0.25) is 0 Å². The third-order valence-electron chi connectivity index (χ3n) is 4.60. The minimum atomic E-state index is 0.596. The Hall–Kier alpha value is -0.600. The predicted octanol–water partition coefficient (Wildman–Crippen LogP) is 3.18. The molecule has 3 rings (SSSR count). The smallest absolute Gasteiger partial charge is 0.129 e. The lowest BCUT2D eigenvalue weighted by atomic mass is 9.80. The van der Waals surface area contributed by atoms with Gasteiger partial charge in [0.25, 0.3) is 0 Å². The van der Waals surface area contributed by atoms with Gasteiger partial charge >= 0.3 is 0 Å². The zero-order valence-electron chi connectivity index (χ0n) is 10.4. The molecule has 0 unspecified atom stereocenters. The summed E-state index contributed by atoms with van der Waals surface area (Å²) in [5.41, 5.74) is 1.38. The summed E-state index contributed by atoms with van der Waals surface area (Å²) in [6, 6.07) is 4.78. The SMILES string of the molecule is CN(C)[C@@H]1[C@@H]2CC[C@@H](C2)[C@H]1c1ccc(Cl)nc1. The lowest BCUT2D eigenvalue weighted by molar-refractivity contribution is 0.185. The van der Waals surface area contributed by atoms with Crippen LogP contribution < -0.4 is 0 Å². The highest BCUT2D eigenvalue weighted by atomic mass is 35.5. The molecule has 0 aromatic carbocycles. The monoisotopic (exact) mass is 250 g/mol. The van der Waals surface area contributed by atoms with Crippen LogP contribution in [0, 0.1) is 11.8 Å². The normalized spacial score (nSPS) is 35.8. The van der Waals surface area contributed by atoms with Gasteiger partial charge in [-0.05, 0) is 56.8 Å². The Kier molecular flexibility index (Phi) is 2.87. The van der Waals surface area contributed by atoms with E-state index in [0.717, 1.165) is 11.8 Å². The maximum atomic E-state index is 5.87. The maximum Gasteiger partial charge on any atom is 0.129 e. The predicted molar refractivity (Wildman–Crippen MR) is 70.3 cm³/mol. The molecule has 2 saturated carbocycles. The highest BCUT2D eigenvalue weighted by Crippen LogP contribution is 2.54. The molecule has 0 spiro atoms. The van der Waals surface area contributed by atoms with E-state index < -0.39 is 0 Å². The van der Waals surface area contributed by atoms with Gasteiger partial charge in [-0.25, -0.2) is 4.98 Å². The van der Waals surface area contributed by atoms with E-state index >= 15 is 0 Å². The largest absolute Gasteiger partial charge is 0.306 e. The van der Waals surface area contributed by atoms with Crippen molar-refractivity contribution in [3.8, 4) is 0 Å². The first-order chi connectivity index (χ1) is 8.16. The Bertz CT molecular complexity index is 401. The molecule has 1 aromatic heterocycles. The Morgan fingerprint density at radius 3 is 2.65 bits per heavy atom. The fraction of sp³-hybridized carbons (Fsp3) is 0.643. The summed E-state index contributed by atoms with van der Waals surface area (Å²) in [5.74, 6) is 2.40. The van der Waals surface area contributed by atoms with Gasteiger partial charge in [0, 0.05) is 18.2 Å². The molecule has 2 bridgehead atoms. The molecule has 2 aliphatic carbocycles. The molecule has 3 heteroatoms. The topological polar surface area (TPSA) is 16.1 Å². The van der Waals surface area contributed by atoms with E-state index in [-0.39, 0.29) is 0 Å². The Morgan fingerprint density at radius 2 is 2.00 bits per heavy atom. The van der Waals surface area contributed by atoms with Gasteiger partial charge < -0.3 is 4.90 Å². The number of rotatable bonds is 2. The third kappa shape index (κ3) is 1.88. The summed E-state index contributed by atoms with van der Waals surface area (Å²) in [4.78, 5) is 6.65. The van der Waals surface area contributed by atoms with Gasteiger partial charge in [-0.3, -0.25) is 0 Å². The number of likely N-dealkylation sites (N-methyl/N-ethyl adjacent to an activating group) is 1. The van der Waals surface area contributed by atoms with Crippen molar-refractivity contribution in [2.75, 3.05) is 14.1 Å². The highest BCUT2D eigenvalue weighted by Gasteiger charge is 2.48. The molecule has 0 N–H and O–H groups in total. The zero-order valence-corrected chi connectivity index (χ0v) is 11.2. The molecular formula is C14H19ClN2. The van der Waals surface area contributed by atoms with E-state index in [4.69, 9.17) is 11.6 Å². The van der Waals surface area contributed by atoms with Gasteiger partial charge in [-0.15, -0.1) is 0 Å². The van der Waals surface area contributed by atoms with E-state index in [9.17, 15) is 0 Å². The Morgan fingerprint density at radius 1 is 1.24 bits per heavy atom. The molecule has 0 saturated heterocycles. The summed E-state index contributed by atoms with van der Waals surface area (Å²) >= 11 is 5.87. The number of hydrogen-bond donors (Lipinski definition) is 0. The van der Waals surface area contributed by atoms with Crippen LogP contribution in [0.3, 0.4) is 0 Å². The first-order valence-corrected chi connectivity index (χ1v) is 6.82. The van der Waals surface area contributed by atoms with E-state index in [1.165, 1.54) is 24.8 Å². The average molecular weight is 251 g/mol. The zero-order chi connectivity index (χ0) is 12.0. The van der Waals surface area contributed by atoms with Crippen LogP contribution in [0.5, 0.6) is 0 Å². The Labute approximate surface area is 108 Å². The van der Waals surface area contributed by atoms with Crippen molar-refractivity contribution in [3.05, 3.63) is 29.0 Å². The van der Waals surface area contributed by atoms with Crippen LogP contribution in [0.2, 0.25) is 5.15 Å². The maximum absolute atomic E-state index is 5.87. The second kappa shape index (κ2) is 4.25. The minimum Gasteiger partial charge on any atom is -0.306 e. The highest BCUT2D eigenvalue weighted by molar-refractivity contribution is 6.29. The minimum absolute atomic E-state index is 0.596. The lowest BCUT2D eigenvalue weighted by Gasteiger charge is -2.36. The van der Waals surface area contributed by atoms with Crippen molar-refractivity contribution in [3.63, 3.8) is 0 Å². The summed E-state index contributed by atoms with van der Waals surface area (Å²) in [6.45, 7) is 0. The second-order valence-electron chi connectivity index (χ2n) is 5.73. The van der Waals surface area contributed by atoms with Crippen LogP contribution in [0.15, 0.2) is 18.3 Å². The lowest BCUT2D eigenvalue weighted by Crippen LogP contribution is -2.38. The quantitative estimate of drug-likeness (QED) is 0.750. The molecule has 0 radical (unpaired) electrons. The Balaban J connectivity index is 1.93. The van der Waals surface area contributed by atoms with Crippen LogP contribution in [0.1, 0.15) is 30.7 Å². The number of nitrogens with zero attached hydrogens (tertiary/aromatic N) is 2. The number of pyridine rings is 1. The van der Waals surface area contributed by atoms with E-state index in [2.05, 4.69) is 30.0 Å². The molecule has 0 amide bonds. The van der Waals surface area contributed by atoms with Gasteiger partial charge in [0.1, 0.15) is 5.15 Å². The number of halogens is 1. The summed E-state index contributed by atoms with van der Waals surface area (Å²) in [6.07, 6.45) is 6.17. The van der Waals surface area contributed by atoms with Crippen molar-refractivity contribution in [1.82, 2.24) is 9.88 Å². The molecule has 2 aliphatic rings. The van der Waals surface area contributed by atoms with Crippen LogP contribution >= 0.6 is 11.6 Å². The van der Waals surface area contributed by atoms with E-state index in [1.54, 1.807) is 0 Å². The molecule has 2 nitrogen and oxygen atoms in total. The molecular weight excluding hydrogens is 232 g/mol. The molecule has 1 heterocycles. The summed E-state index contributed by atoms with van der Waals surface area (Å²) < 4.78 is 0. The number of hydrogen-bond acceptors (Lipinski definition) is 2. The van der Waals surface area contributed by atoms with Gasteiger partial charge in [0.15, 0.2) is 0 Å². The standard InChI is InChI=1S/C14H19ClN2/c1-17(2)14-10-4-3-9(7-10)13(14)11-5-6-12(15)16-8-11/h5-6,8-10,13-14H,3-4,7H2,1-2H3/t9-,10+,13-,14+/m0/s1. The van der Waals surface area contributed by atoms with Crippen molar-refractivity contribution in [1.29, 1.82) is 0 Å². The molecule has 2 fully saturated rings. The van der Waals surface area contributed by atoms with Crippen molar-refractivity contribution in [2.24, 2.45) is 11.8 Å². The van der Waals surface area contributed by atoms with Crippen LogP contribution in [-0.4, -0.2) is 30.0 Å². The fourth-order valence-corrected chi connectivity index (χ4v) is 4.17. The van der Waals surface area contributed by atoms with Crippen molar-refractivity contribution in [2.45, 2.75) is 31.2 Å². The fourth-order valence-electron chi connectivity index (χ4n) is 4.06. The first-order valence-electron chi connectivity index (χ1n) is 6.44. The number of fused-ring (bicyclic) bond motifs is 2. The number of aromatic nitrogens is 1. The van der Waals surface area contributed by atoms with Crippen molar-refractivity contribution < 1.29 is 0 Å². The van der Waals surface area contributed by atoms with Crippen LogP contribution in [0.25, 0.3) is 0 Å². The van der Waals surface area contributed by atoms with Gasteiger partial charge in [0.05, 0.1) is 0 Å². The van der Waals surface area contributed by atoms with E-state index in [1.807, 2.05) is 12.3 Å². The van der Waals surface area contributed by atoms with Crippen molar-refractivity contribution >= 4 is 11.6 Å². The summed E-state index contributed by atoms with van der Waals surface area (Å²) in [5, 5.41) is 0.596. The second-order valence-corrected chi connectivity index (χ2v) is 6.11. The van der Waals surface area contributed by atoms with Crippen LogP contribution in [0.4, 0.5) is 0 Å². The van der Waals surface area contributed by atoms with Crippen LogP contribution in [-0.2, 0) is 0 Å². The molecule has 4 atom stereocenters. The first kappa shape index (κ1) is 11.5. The van der Waals surface area contributed by atoms with E-state index in [0.29, 0.717) is 17.1 Å². The van der Waals surface area contributed by atoms with Gasteiger partial charge in [-0.2, -0.15) is 0 Å². The average Bonchev–Trinajstić information content (AvgIpc) is 2.89. The molecule has 0 aliphatic heterocycles. The molecule has 17 heavy (non-hydrogen) atoms. The van der Waals surface area contributed by atoms with Gasteiger partial charge in [-0.1, -0.05) is 17.7 Å². The summed E-state index contributed by atoms with van der Waals surface area (Å²) in [7, 11) is 4.42. The molecule has 92 valence electrons. The molecule has 1 aromatic rings.